The van der Waals surface area contributed by atoms with Gasteiger partial charge in [0.05, 0.1) is 30.3 Å². The minimum Gasteiger partial charge on any atom is -0.497 e. The van der Waals surface area contributed by atoms with Gasteiger partial charge in [0.2, 0.25) is 33.3 Å². The number of nitrogens with one attached hydrogen (secondary N) is 3. The molecule has 1 aromatic heterocycles. The zero-order chi connectivity index (χ0) is 44.9. The highest BCUT2D eigenvalue weighted by molar-refractivity contribution is 7.91. The Bertz CT molecular complexity index is 2180. The molecule has 4 aliphatic rings. The molecule has 4 amide bonds. The third kappa shape index (κ3) is 9.36. The summed E-state index contributed by atoms with van der Waals surface area (Å²) in [5.41, 5.74) is -3.78. The van der Waals surface area contributed by atoms with Gasteiger partial charge in [-0.2, -0.15) is 13.2 Å². The number of methoxy groups -OCH3 is 1. The normalized spacial score (nSPS) is 28.5. The summed E-state index contributed by atoms with van der Waals surface area (Å²) in [6.07, 6.45) is 0.637. The number of fused-ring (bicyclic) bond motifs is 3. The number of hydrogen-bond donors (Lipinski definition) is 3. The van der Waals surface area contributed by atoms with Crippen molar-refractivity contribution in [1.82, 2.24) is 25.2 Å². The lowest BCUT2D eigenvalue weighted by atomic mass is 9.85. The number of anilines is 1. The van der Waals surface area contributed by atoms with Gasteiger partial charge in [-0.05, 0) is 89.3 Å². The number of aromatic nitrogens is 1. The van der Waals surface area contributed by atoms with Crippen LogP contribution < -0.4 is 29.7 Å². The van der Waals surface area contributed by atoms with E-state index < -0.39 is 85.9 Å². The molecule has 19 heteroatoms. The molecule has 3 N–H and O–H groups in total. The van der Waals surface area contributed by atoms with Crippen LogP contribution in [0.2, 0.25) is 0 Å². The van der Waals surface area contributed by atoms with Gasteiger partial charge in [0.1, 0.15) is 29.5 Å². The second kappa shape index (κ2) is 16.8. The predicted octanol–water partition coefficient (Wildman–Crippen LogP) is 5.37. The molecule has 0 bridgehead atoms. The maximum atomic E-state index is 15.0. The number of ether oxygens (including phenoxy) is 3. The van der Waals surface area contributed by atoms with Crippen molar-refractivity contribution in [1.29, 1.82) is 0 Å². The van der Waals surface area contributed by atoms with Crippen LogP contribution in [0.4, 0.5) is 23.7 Å². The molecule has 2 saturated carbocycles. The fourth-order valence-electron chi connectivity index (χ4n) is 8.18. The van der Waals surface area contributed by atoms with E-state index in [-0.39, 0.29) is 31.2 Å². The number of hydrogen-bond acceptors (Lipinski definition) is 11. The fourth-order valence-corrected chi connectivity index (χ4v) is 9.49. The lowest BCUT2D eigenvalue weighted by Crippen LogP contribution is -2.60. The van der Waals surface area contributed by atoms with E-state index in [1.54, 1.807) is 45.4 Å². The number of amides is 4. The second-order valence-electron chi connectivity index (χ2n) is 17.9. The first-order valence-corrected chi connectivity index (χ1v) is 22.2. The minimum absolute atomic E-state index is 0.0375. The van der Waals surface area contributed by atoms with Gasteiger partial charge in [0, 0.05) is 37.2 Å². The van der Waals surface area contributed by atoms with Crippen molar-refractivity contribution in [2.75, 3.05) is 32.6 Å². The summed E-state index contributed by atoms with van der Waals surface area (Å²) >= 11 is 0. The van der Waals surface area contributed by atoms with Crippen molar-refractivity contribution in [3.8, 4) is 11.6 Å². The lowest BCUT2D eigenvalue weighted by Gasteiger charge is -2.35. The number of allylic oxidation sites excluding steroid dienone is 1. The van der Waals surface area contributed by atoms with E-state index in [2.05, 4.69) is 20.3 Å². The van der Waals surface area contributed by atoms with E-state index in [4.69, 9.17) is 14.2 Å². The Balaban J connectivity index is 1.39. The van der Waals surface area contributed by atoms with E-state index >= 15 is 0 Å². The molecule has 1 saturated heterocycles. The largest absolute Gasteiger partial charge is 0.497 e. The maximum Gasteiger partial charge on any atom is 0.427 e. The highest BCUT2D eigenvalue weighted by Crippen LogP contribution is 2.48. The molecule has 3 fully saturated rings. The predicted molar refractivity (Wildman–Crippen MR) is 220 cm³/mol. The summed E-state index contributed by atoms with van der Waals surface area (Å²) in [6.45, 7) is 6.49. The number of rotatable bonds is 10. The lowest BCUT2D eigenvalue weighted by molar-refractivity contribution is -0.244. The number of alkyl carbamates (subject to hydrolysis) is 1. The number of carbonyl (C=O) groups is 4. The first-order valence-electron chi connectivity index (χ1n) is 20.7. The summed E-state index contributed by atoms with van der Waals surface area (Å²) in [7, 11) is 1.16. The Labute approximate surface area is 354 Å². The van der Waals surface area contributed by atoms with Crippen LogP contribution in [0, 0.1) is 17.8 Å². The first kappa shape index (κ1) is 45.7. The Hall–Kier alpha value is -4.81. The third-order valence-electron chi connectivity index (χ3n) is 12.7. The van der Waals surface area contributed by atoms with Gasteiger partial charge >= 0.3 is 12.3 Å². The zero-order valence-corrected chi connectivity index (χ0v) is 36.7. The monoisotopic (exact) mass is 878 g/mol. The van der Waals surface area contributed by atoms with Crippen molar-refractivity contribution in [3.05, 3.63) is 36.5 Å². The number of carbonyl (C=O) groups excluding carboxylic acids is 4. The Morgan fingerprint density at radius 3 is 2.44 bits per heavy atom. The summed E-state index contributed by atoms with van der Waals surface area (Å²) in [6, 6.07) is 2.58. The van der Waals surface area contributed by atoms with Crippen LogP contribution in [-0.4, -0.2) is 110 Å². The van der Waals surface area contributed by atoms with Gasteiger partial charge in [0.25, 0.3) is 5.91 Å². The number of pyridine rings is 1. The molecule has 3 heterocycles. The molecule has 2 aliphatic carbocycles. The highest BCUT2D eigenvalue weighted by Gasteiger charge is 2.63. The fraction of sp³-hybridized carbons (Fsp3) is 0.643. The van der Waals surface area contributed by atoms with Crippen molar-refractivity contribution in [2.45, 2.75) is 126 Å². The average molecular weight is 879 g/mol. The van der Waals surface area contributed by atoms with Crippen molar-refractivity contribution >= 4 is 50.3 Å². The van der Waals surface area contributed by atoms with Gasteiger partial charge in [-0.1, -0.05) is 32.4 Å². The smallest absolute Gasteiger partial charge is 0.427 e. The van der Waals surface area contributed by atoms with Crippen LogP contribution in [-0.2, 0) is 29.1 Å². The molecule has 2 aromatic rings. The van der Waals surface area contributed by atoms with Crippen LogP contribution in [0.1, 0.15) is 86.0 Å². The molecular weight excluding hydrogens is 822 g/mol. The van der Waals surface area contributed by atoms with Crippen LogP contribution in [0.25, 0.3) is 10.8 Å². The van der Waals surface area contributed by atoms with Crippen molar-refractivity contribution in [3.63, 3.8) is 0 Å². The van der Waals surface area contributed by atoms with Gasteiger partial charge < -0.3 is 34.6 Å². The maximum absolute atomic E-state index is 15.0. The quantitative estimate of drug-likeness (QED) is 0.261. The number of halogens is 3. The Morgan fingerprint density at radius 2 is 1.82 bits per heavy atom. The van der Waals surface area contributed by atoms with E-state index in [1.807, 2.05) is 38.1 Å². The second-order valence-corrected chi connectivity index (χ2v) is 20.1. The van der Waals surface area contributed by atoms with Crippen LogP contribution in [0.3, 0.4) is 0 Å². The third-order valence-corrected chi connectivity index (χ3v) is 14.9. The zero-order valence-electron chi connectivity index (χ0n) is 35.9. The molecule has 15 nitrogen and oxygen atoms in total. The molecule has 6 rings (SSSR count). The molecule has 61 heavy (non-hydrogen) atoms. The molecule has 336 valence electrons. The molecule has 0 unspecified atom stereocenters. The topological polar surface area (TPSA) is 186 Å². The van der Waals surface area contributed by atoms with Gasteiger partial charge in [0.15, 0.2) is 0 Å². The van der Waals surface area contributed by atoms with Crippen molar-refractivity contribution in [2.24, 2.45) is 17.8 Å². The molecule has 0 spiro atoms. The highest BCUT2D eigenvalue weighted by atomic mass is 32.2. The number of sulfonamides is 1. The van der Waals surface area contributed by atoms with E-state index in [0.717, 1.165) is 11.1 Å². The summed E-state index contributed by atoms with van der Waals surface area (Å²) in [5, 5.41) is 6.62. The van der Waals surface area contributed by atoms with Crippen LogP contribution in [0.15, 0.2) is 36.5 Å². The van der Waals surface area contributed by atoms with Crippen LogP contribution in [0.5, 0.6) is 11.6 Å². The Kier molecular flexibility index (Phi) is 12.6. The average Bonchev–Trinajstić information content (AvgIpc) is 4.06. The Morgan fingerprint density at radius 1 is 1.11 bits per heavy atom. The minimum atomic E-state index is -4.92. The standard InChI is InChI=1S/C42H57F3N6O9S/c1-9-25-18-24(2)12-10-11-13-26-21-41(26,37(54)49-61(56,57)40(5)16-17-40)48-34(52)31-20-28(23-51(31)36(53)33(25)47-38(55)60-39(3,4)42(43,44)45)59-35-29-15-14-27(58-8)19-30(29)32(22-46-35)50(6)7/h11,13-15,19,22,24-26,28,31,33H,9-10,12,16-18,20-21,23H2,1-8H3,(H,47,55)(H,48,52)(H,49,54)/b13-11-/t24-,25-,26-,28-,31+,33+,41-/m1/s1. The SMILES string of the molecule is CC[C@@H]1C[C@H](C)CC/C=C\[C@@H]2C[C@@]2(C(=O)NS(=O)(=O)C2(C)CC2)NC(=O)[C@@H]2C[C@@H](Oc3ncc(N(C)C)c4cc(OC)ccc34)CN2C(=O)[C@H]1NC(=O)OC(C)(C)C(F)(F)F. The summed E-state index contributed by atoms with van der Waals surface area (Å²) in [4.78, 5) is 64.6. The van der Waals surface area contributed by atoms with E-state index in [0.29, 0.717) is 63.5 Å². The number of nitrogens with zero attached hydrogens (tertiary/aromatic N) is 3. The summed E-state index contributed by atoms with van der Waals surface area (Å²) in [5.74, 6) is -2.84. The van der Waals surface area contributed by atoms with E-state index in [1.165, 1.54) is 4.90 Å². The van der Waals surface area contributed by atoms with Gasteiger partial charge in [-0.15, -0.1) is 0 Å². The van der Waals surface area contributed by atoms with E-state index in [9.17, 15) is 40.8 Å². The molecule has 0 radical (unpaired) electrons. The molecular formula is C42H57F3N6O9S. The van der Waals surface area contributed by atoms with Crippen molar-refractivity contribution < 1.29 is 55.0 Å². The summed E-state index contributed by atoms with van der Waals surface area (Å²) < 4.78 is 86.0. The number of alkyl halides is 3. The molecule has 2 aliphatic heterocycles. The molecule has 1 aromatic carbocycles. The molecule has 7 atom stereocenters. The van der Waals surface area contributed by atoms with Gasteiger partial charge in [-0.25, -0.2) is 18.2 Å². The first-order chi connectivity index (χ1) is 28.5. The number of benzene rings is 1. The van der Waals surface area contributed by atoms with Crippen LogP contribution >= 0.6 is 0 Å². The van der Waals surface area contributed by atoms with Gasteiger partial charge in [-0.3, -0.25) is 19.1 Å².